The van der Waals surface area contributed by atoms with Gasteiger partial charge in [-0.3, -0.25) is 24.0 Å². The lowest BCUT2D eigenvalue weighted by Gasteiger charge is -2.26. The van der Waals surface area contributed by atoms with Crippen LogP contribution in [-0.4, -0.2) is 54.6 Å². The molecule has 9 nitrogen and oxygen atoms in total. The van der Waals surface area contributed by atoms with E-state index < -0.39 is 29.9 Å². The molecule has 45 heavy (non-hydrogen) atoms. The molecule has 1 saturated heterocycles. The first-order valence-corrected chi connectivity index (χ1v) is 15.5. The average Bonchev–Trinajstić information content (AvgIpc) is 3.43. The Balaban J connectivity index is 1.54. The van der Waals surface area contributed by atoms with Crippen molar-refractivity contribution in [1.82, 2.24) is 21.3 Å². The predicted molar refractivity (Wildman–Crippen MR) is 174 cm³/mol. The molecule has 0 radical (unpaired) electrons. The quantitative estimate of drug-likeness (QED) is 0.155. The summed E-state index contributed by atoms with van der Waals surface area (Å²) in [6.07, 6.45) is 5.16. The van der Waals surface area contributed by atoms with E-state index in [1.54, 1.807) is 6.08 Å². The van der Waals surface area contributed by atoms with Crippen molar-refractivity contribution in [3.8, 4) is 0 Å². The fraction of sp³-hybridized carbons (Fsp3) is 0.361. The monoisotopic (exact) mass is 610 g/mol. The van der Waals surface area contributed by atoms with E-state index in [1.807, 2.05) is 86.6 Å². The molecule has 0 bridgehead atoms. The van der Waals surface area contributed by atoms with Crippen LogP contribution in [0.25, 0.3) is 10.8 Å². The van der Waals surface area contributed by atoms with Crippen molar-refractivity contribution >= 4 is 40.7 Å². The first-order chi connectivity index (χ1) is 21.7. The Morgan fingerprint density at radius 1 is 0.889 bits per heavy atom. The Hall–Kier alpha value is -4.79. The molecule has 0 saturated carbocycles. The van der Waals surface area contributed by atoms with Gasteiger partial charge in [-0.05, 0) is 53.2 Å². The lowest BCUT2D eigenvalue weighted by Crippen LogP contribution is -2.56. The molecule has 0 unspecified atom stereocenters. The highest BCUT2D eigenvalue weighted by Gasteiger charge is 2.31. The highest BCUT2D eigenvalue weighted by molar-refractivity contribution is 5.94. The van der Waals surface area contributed by atoms with Gasteiger partial charge in [0.15, 0.2) is 0 Å². The van der Waals surface area contributed by atoms with E-state index in [0.717, 1.165) is 21.9 Å². The van der Waals surface area contributed by atoms with Gasteiger partial charge in [0, 0.05) is 24.9 Å². The summed E-state index contributed by atoms with van der Waals surface area (Å²) in [5.41, 5.74) is 1.72. The van der Waals surface area contributed by atoms with Crippen molar-refractivity contribution in [2.75, 3.05) is 6.54 Å². The SMILES string of the molecule is CC(C)C[C@H](NC(=O)[C@H](Cc1cccc2ccccc12)NC(=O)Cc1ccccc1)C(=O)N[C@H](/C=C/C=O)C[C@@H]1CCNC1=O. The Labute approximate surface area is 264 Å². The number of hydrogen-bond donors (Lipinski definition) is 4. The van der Waals surface area contributed by atoms with Crippen molar-refractivity contribution in [3.05, 3.63) is 96.1 Å². The van der Waals surface area contributed by atoms with Gasteiger partial charge in [0.2, 0.25) is 23.6 Å². The van der Waals surface area contributed by atoms with E-state index in [9.17, 15) is 24.0 Å². The lowest BCUT2D eigenvalue weighted by atomic mass is 9.96. The molecule has 9 heteroatoms. The Morgan fingerprint density at radius 3 is 2.31 bits per heavy atom. The number of carbonyl (C=O) groups excluding carboxylic acids is 5. The Bertz CT molecular complexity index is 1510. The summed E-state index contributed by atoms with van der Waals surface area (Å²) in [6, 6.07) is 20.6. The number of aldehydes is 1. The van der Waals surface area contributed by atoms with Crippen LogP contribution in [0.1, 0.15) is 44.2 Å². The van der Waals surface area contributed by atoms with Crippen molar-refractivity contribution in [2.45, 2.75) is 64.1 Å². The molecule has 4 amide bonds. The first kappa shape index (κ1) is 33.1. The zero-order valence-corrected chi connectivity index (χ0v) is 25.8. The highest BCUT2D eigenvalue weighted by Crippen LogP contribution is 2.21. The second-order valence-electron chi connectivity index (χ2n) is 12.0. The van der Waals surface area contributed by atoms with Crippen molar-refractivity contribution < 1.29 is 24.0 Å². The van der Waals surface area contributed by atoms with Gasteiger partial charge in [0.05, 0.1) is 6.42 Å². The van der Waals surface area contributed by atoms with Crippen LogP contribution in [0.2, 0.25) is 0 Å². The molecular formula is C36H42N4O5. The number of benzene rings is 3. The standard InChI is InChI=1S/C36H42N4O5/c1-24(2)20-31(35(44)38-29(15-9-19-41)22-28-17-18-37-34(28)43)40-36(45)32(39-33(42)21-25-10-4-3-5-11-25)23-27-14-8-13-26-12-6-7-16-30(26)27/h3-16,19,24,28-29,31-32H,17-18,20-23H2,1-2H3,(H,37,43)(H,38,44)(H,39,42)(H,40,45)/b15-9+/t28-,29+,31-,32-/m0/s1. The van der Waals surface area contributed by atoms with Gasteiger partial charge >= 0.3 is 0 Å². The summed E-state index contributed by atoms with van der Waals surface area (Å²) in [5, 5.41) is 13.6. The molecule has 1 fully saturated rings. The van der Waals surface area contributed by atoms with E-state index in [4.69, 9.17) is 0 Å². The number of rotatable bonds is 15. The van der Waals surface area contributed by atoms with Crippen LogP contribution in [0.5, 0.6) is 0 Å². The zero-order valence-electron chi connectivity index (χ0n) is 25.8. The van der Waals surface area contributed by atoms with Crippen molar-refractivity contribution in [3.63, 3.8) is 0 Å². The largest absolute Gasteiger partial charge is 0.356 e. The topological polar surface area (TPSA) is 133 Å². The normalized spacial score (nSPS) is 16.6. The molecular weight excluding hydrogens is 568 g/mol. The number of allylic oxidation sites excluding steroid dienone is 1. The molecule has 4 atom stereocenters. The summed E-state index contributed by atoms with van der Waals surface area (Å²) in [6.45, 7) is 4.48. The highest BCUT2D eigenvalue weighted by atomic mass is 16.2. The van der Waals surface area contributed by atoms with E-state index in [0.29, 0.717) is 32.1 Å². The van der Waals surface area contributed by atoms with E-state index in [2.05, 4.69) is 21.3 Å². The second kappa shape index (κ2) is 16.3. The van der Waals surface area contributed by atoms with Gasteiger partial charge in [-0.15, -0.1) is 0 Å². The summed E-state index contributed by atoms with van der Waals surface area (Å²) in [7, 11) is 0. The summed E-state index contributed by atoms with van der Waals surface area (Å²) in [4.78, 5) is 64.0. The van der Waals surface area contributed by atoms with Crippen LogP contribution in [0.3, 0.4) is 0 Å². The average molecular weight is 611 g/mol. The van der Waals surface area contributed by atoms with Gasteiger partial charge in [-0.2, -0.15) is 0 Å². The molecule has 0 aromatic heterocycles. The maximum Gasteiger partial charge on any atom is 0.243 e. The minimum Gasteiger partial charge on any atom is -0.356 e. The zero-order chi connectivity index (χ0) is 32.2. The van der Waals surface area contributed by atoms with Crippen LogP contribution in [-0.2, 0) is 36.8 Å². The van der Waals surface area contributed by atoms with Crippen molar-refractivity contribution in [2.24, 2.45) is 11.8 Å². The molecule has 1 aliphatic heterocycles. The molecule has 0 spiro atoms. The van der Waals surface area contributed by atoms with Gasteiger partial charge in [-0.25, -0.2) is 0 Å². The molecule has 236 valence electrons. The fourth-order valence-corrected chi connectivity index (χ4v) is 5.73. The molecule has 1 aliphatic rings. The maximum atomic E-state index is 13.9. The van der Waals surface area contributed by atoms with Crippen LogP contribution in [0.4, 0.5) is 0 Å². The molecule has 4 N–H and O–H groups in total. The third kappa shape index (κ3) is 9.86. The third-order valence-corrected chi connectivity index (χ3v) is 7.95. The Morgan fingerprint density at radius 2 is 1.60 bits per heavy atom. The lowest BCUT2D eigenvalue weighted by molar-refractivity contribution is -0.132. The number of amides is 4. The minimum absolute atomic E-state index is 0.0646. The number of carbonyl (C=O) groups is 5. The first-order valence-electron chi connectivity index (χ1n) is 15.5. The van der Waals surface area contributed by atoms with E-state index >= 15 is 0 Å². The summed E-state index contributed by atoms with van der Waals surface area (Å²) in [5.74, 6) is -1.50. The maximum absolute atomic E-state index is 13.9. The number of fused-ring (bicyclic) bond motifs is 1. The van der Waals surface area contributed by atoms with Gasteiger partial charge in [0.25, 0.3) is 0 Å². The van der Waals surface area contributed by atoms with Gasteiger partial charge in [0.1, 0.15) is 18.4 Å². The minimum atomic E-state index is -0.942. The van der Waals surface area contributed by atoms with E-state index in [-0.39, 0.29) is 36.5 Å². The molecule has 4 rings (SSSR count). The Kier molecular flexibility index (Phi) is 12.0. The van der Waals surface area contributed by atoms with Crippen molar-refractivity contribution in [1.29, 1.82) is 0 Å². The molecule has 1 heterocycles. The van der Waals surface area contributed by atoms with Crippen LogP contribution < -0.4 is 21.3 Å². The van der Waals surface area contributed by atoms with Gasteiger partial charge < -0.3 is 21.3 Å². The van der Waals surface area contributed by atoms with Crippen LogP contribution in [0, 0.1) is 11.8 Å². The van der Waals surface area contributed by atoms with E-state index in [1.165, 1.54) is 6.08 Å². The number of hydrogen-bond acceptors (Lipinski definition) is 5. The third-order valence-electron chi connectivity index (χ3n) is 7.95. The van der Waals surface area contributed by atoms with Crippen LogP contribution in [0.15, 0.2) is 84.9 Å². The summed E-state index contributed by atoms with van der Waals surface area (Å²) < 4.78 is 0. The molecule has 3 aromatic carbocycles. The smallest absolute Gasteiger partial charge is 0.243 e. The second-order valence-corrected chi connectivity index (χ2v) is 12.0. The summed E-state index contributed by atoms with van der Waals surface area (Å²) >= 11 is 0. The predicted octanol–water partition coefficient (Wildman–Crippen LogP) is 3.41. The van der Waals surface area contributed by atoms with Crippen LogP contribution >= 0.6 is 0 Å². The molecule has 0 aliphatic carbocycles. The van der Waals surface area contributed by atoms with Gasteiger partial charge in [-0.1, -0.05) is 92.7 Å². The number of nitrogens with one attached hydrogen (secondary N) is 4. The molecule has 3 aromatic rings. The fourth-order valence-electron chi connectivity index (χ4n) is 5.73.